The van der Waals surface area contributed by atoms with E-state index in [1.54, 1.807) is 4.90 Å². The van der Waals surface area contributed by atoms with E-state index >= 15 is 0 Å². The molecule has 2 heterocycles. The number of aromatic nitrogens is 3. The van der Waals surface area contributed by atoms with Crippen molar-refractivity contribution in [3.05, 3.63) is 62.1 Å². The Morgan fingerprint density at radius 2 is 1.82 bits per heavy atom. The standard InChI is InChI=1S/C14H14IN5O6S.C11H11Cl2NO2.Na/c1-7-16-12(19-14(17-7)26-3)18-13(22)20-27(23,24)10-6-8(15)4-5-9(10)11(21)25-2;1-7-6-16-9-5-3-2-4-8(9)14(7)11(15)10(12)13;/h4-6H,1-3H3,(H2,16,17,18,19,20,22);2-5,7,10H,6H2,1H3;/q;;+1/p-1. The van der Waals surface area contributed by atoms with Gasteiger partial charge in [-0.25, -0.2) is 18.2 Å². The molecule has 0 radical (unpaired) electrons. The molecule has 0 saturated heterocycles. The van der Waals surface area contributed by atoms with Crippen molar-refractivity contribution in [2.45, 2.75) is 29.6 Å². The van der Waals surface area contributed by atoms with Crippen molar-refractivity contribution in [2.24, 2.45) is 0 Å². The van der Waals surface area contributed by atoms with Crippen molar-refractivity contribution in [1.82, 2.24) is 15.0 Å². The van der Waals surface area contributed by atoms with Crippen LogP contribution < -0.4 is 49.2 Å². The Balaban J connectivity index is 0.000000338. The molecule has 1 aliphatic rings. The fourth-order valence-corrected chi connectivity index (χ4v) is 5.59. The van der Waals surface area contributed by atoms with Crippen LogP contribution in [0.2, 0.25) is 0 Å². The minimum Gasteiger partial charge on any atom is -0.489 e. The topological polar surface area (TPSA) is 181 Å². The maximum atomic E-state index is 12.5. The number of nitrogens with one attached hydrogen (secondary N) is 1. The van der Waals surface area contributed by atoms with E-state index in [0.29, 0.717) is 15.9 Å². The van der Waals surface area contributed by atoms with Crippen LogP contribution in [0.4, 0.5) is 16.4 Å². The number of halogens is 3. The average molecular weight is 789 g/mol. The van der Waals surface area contributed by atoms with Crippen LogP contribution in [0.25, 0.3) is 4.72 Å². The van der Waals surface area contributed by atoms with Crippen LogP contribution in [-0.4, -0.2) is 73.0 Å². The molecule has 0 saturated carbocycles. The van der Waals surface area contributed by atoms with Gasteiger partial charge in [0.1, 0.15) is 18.2 Å². The van der Waals surface area contributed by atoms with E-state index in [9.17, 15) is 22.8 Å². The van der Waals surface area contributed by atoms with Crippen LogP contribution in [0, 0.1) is 10.5 Å². The Hall–Kier alpha value is -2.48. The quantitative estimate of drug-likeness (QED) is 0.166. The number of ether oxygens (including phenoxy) is 3. The molecule has 1 unspecified atom stereocenters. The number of sulfonamides is 1. The van der Waals surface area contributed by atoms with E-state index < -0.39 is 31.8 Å². The summed E-state index contributed by atoms with van der Waals surface area (Å²) in [6.45, 7) is 3.87. The number of methoxy groups -OCH3 is 2. The predicted octanol–water partition coefficient (Wildman–Crippen LogP) is 1.48. The number of fused-ring (bicyclic) bond motifs is 1. The van der Waals surface area contributed by atoms with Crippen molar-refractivity contribution < 1.29 is 66.6 Å². The number of carbonyl (C=O) groups excluding carboxylic acids is 3. The number of alkyl halides is 2. The fraction of sp³-hybridized carbons (Fsp3) is 0.280. The summed E-state index contributed by atoms with van der Waals surface area (Å²) in [7, 11) is -2.08. The molecule has 3 amide bonds. The van der Waals surface area contributed by atoms with E-state index in [2.05, 4.69) is 29.7 Å². The van der Waals surface area contributed by atoms with Gasteiger partial charge in [-0.05, 0) is 66.8 Å². The number of rotatable bonds is 6. The summed E-state index contributed by atoms with van der Waals surface area (Å²) in [6, 6.07) is 9.95. The number of para-hydroxylation sites is 2. The van der Waals surface area contributed by atoms with Crippen molar-refractivity contribution in [1.29, 1.82) is 0 Å². The summed E-state index contributed by atoms with van der Waals surface area (Å²) in [5, 5.41) is 2.12. The monoisotopic (exact) mass is 788 g/mol. The van der Waals surface area contributed by atoms with Gasteiger partial charge in [-0.15, -0.1) is 0 Å². The Morgan fingerprint density at radius 1 is 1.14 bits per heavy atom. The molecule has 1 N–H and O–H groups in total. The van der Waals surface area contributed by atoms with Gasteiger partial charge in [0.25, 0.3) is 5.91 Å². The number of amides is 3. The first-order valence-corrected chi connectivity index (χ1v) is 15.4. The molecule has 1 aliphatic heterocycles. The zero-order chi connectivity index (χ0) is 31.9. The minimum absolute atomic E-state index is 0. The number of nitrogens with zero attached hydrogens (tertiary/aromatic N) is 5. The number of hydrogen-bond acceptors (Lipinski definition) is 11. The summed E-state index contributed by atoms with van der Waals surface area (Å²) in [5.41, 5.74) is 0.477. The zero-order valence-electron chi connectivity index (χ0n) is 23.9. The molecule has 230 valence electrons. The summed E-state index contributed by atoms with van der Waals surface area (Å²) in [4.78, 5) is 47.2. The Labute approximate surface area is 299 Å². The SMILES string of the molecule is CC1COc2ccccc2N1C(=O)C(Cl)Cl.COC(=O)c1ccc(I)cc1S(=O)(=O)[N-]C(=O)Nc1nc(C)nc(OC)n1.[Na+]. The molecule has 44 heavy (non-hydrogen) atoms. The number of hydrogen-bond donors (Lipinski definition) is 1. The molecule has 19 heteroatoms. The zero-order valence-corrected chi connectivity index (χ0v) is 30.4. The maximum Gasteiger partial charge on any atom is 1.00 e. The molecule has 14 nitrogen and oxygen atoms in total. The normalized spacial score (nSPS) is 13.6. The molecule has 0 fully saturated rings. The number of esters is 1. The van der Waals surface area contributed by atoms with E-state index in [1.807, 2.05) is 53.8 Å². The summed E-state index contributed by atoms with van der Waals surface area (Å²) in [6.07, 6.45) is 0. The Kier molecular flexibility index (Phi) is 14.3. The third kappa shape index (κ3) is 9.76. The smallest absolute Gasteiger partial charge is 0.489 e. The molecule has 3 aromatic rings. The van der Waals surface area contributed by atoms with Gasteiger partial charge in [-0.2, -0.15) is 9.97 Å². The van der Waals surface area contributed by atoms with Gasteiger partial charge in [-0.3, -0.25) is 9.59 Å². The number of carbonyl (C=O) groups is 3. The van der Waals surface area contributed by atoms with Crippen LogP contribution in [0.5, 0.6) is 11.8 Å². The second kappa shape index (κ2) is 16.7. The molecule has 4 rings (SSSR count). The van der Waals surface area contributed by atoms with Crippen LogP contribution in [-0.2, 0) is 19.6 Å². The van der Waals surface area contributed by atoms with E-state index in [-0.39, 0.29) is 64.9 Å². The Morgan fingerprint density at radius 3 is 2.45 bits per heavy atom. The molecule has 1 atom stereocenters. The van der Waals surface area contributed by atoms with Gasteiger partial charge in [0.15, 0.2) is 16.8 Å². The van der Waals surface area contributed by atoms with Crippen molar-refractivity contribution >= 4 is 85.4 Å². The Bertz CT molecular complexity index is 1640. The van der Waals surface area contributed by atoms with E-state index in [1.165, 1.54) is 32.2 Å². The van der Waals surface area contributed by atoms with Gasteiger partial charge >= 0.3 is 41.5 Å². The van der Waals surface area contributed by atoms with Gasteiger partial charge in [0.05, 0.1) is 36.4 Å². The largest absolute Gasteiger partial charge is 1.00 e. The second-order valence-electron chi connectivity index (χ2n) is 8.46. The molecule has 2 aromatic carbocycles. The van der Waals surface area contributed by atoms with Crippen LogP contribution in [0.15, 0.2) is 47.4 Å². The van der Waals surface area contributed by atoms with Crippen molar-refractivity contribution in [2.75, 3.05) is 31.0 Å². The van der Waals surface area contributed by atoms with Gasteiger partial charge < -0.3 is 29.1 Å². The summed E-state index contributed by atoms with van der Waals surface area (Å²) in [5.74, 6) is -0.502. The number of benzene rings is 2. The van der Waals surface area contributed by atoms with Gasteiger partial charge in [0.2, 0.25) is 10.0 Å². The van der Waals surface area contributed by atoms with E-state index in [4.69, 9.17) is 32.7 Å². The first-order chi connectivity index (χ1) is 20.3. The fourth-order valence-electron chi connectivity index (χ4n) is 3.61. The van der Waals surface area contributed by atoms with Gasteiger partial charge in [-0.1, -0.05) is 35.3 Å². The molecular formula is C25H24Cl2IN6NaO8S. The third-order valence-corrected chi connectivity index (χ3v) is 7.77. The van der Waals surface area contributed by atoms with Crippen molar-refractivity contribution in [3.63, 3.8) is 0 Å². The molecular weight excluding hydrogens is 765 g/mol. The van der Waals surface area contributed by atoms with Gasteiger partial charge in [0, 0.05) is 3.57 Å². The van der Waals surface area contributed by atoms with Crippen LogP contribution in [0.1, 0.15) is 23.1 Å². The molecule has 0 spiro atoms. The second-order valence-corrected chi connectivity index (χ2v) is 12.4. The number of aryl methyl sites for hydroxylation is 1. The first kappa shape index (κ1) is 37.7. The predicted molar refractivity (Wildman–Crippen MR) is 166 cm³/mol. The van der Waals surface area contributed by atoms with Crippen LogP contribution in [0.3, 0.4) is 0 Å². The molecule has 0 aliphatic carbocycles. The first-order valence-electron chi connectivity index (χ1n) is 12.0. The average Bonchev–Trinajstić information content (AvgIpc) is 2.96. The molecule has 0 bridgehead atoms. The van der Waals surface area contributed by atoms with Crippen LogP contribution >= 0.6 is 45.8 Å². The van der Waals surface area contributed by atoms with E-state index in [0.717, 1.165) is 12.8 Å². The molecule has 1 aromatic heterocycles. The number of urea groups is 1. The summed E-state index contributed by atoms with van der Waals surface area (Å²) < 4.78 is 43.6. The summed E-state index contributed by atoms with van der Waals surface area (Å²) >= 11 is 13.1. The third-order valence-electron chi connectivity index (χ3n) is 5.43. The maximum absolute atomic E-state index is 12.5. The number of anilines is 2. The van der Waals surface area contributed by atoms with Crippen molar-refractivity contribution in [3.8, 4) is 11.8 Å². The minimum atomic E-state index is -4.51.